The molecule has 8 atom stereocenters. The van der Waals surface area contributed by atoms with Gasteiger partial charge in [-0.2, -0.15) is 0 Å². The molecule has 0 aliphatic heterocycles. The molecule has 1 rings (SSSR count). The van der Waals surface area contributed by atoms with Gasteiger partial charge >= 0.3 is 19.8 Å². The summed E-state index contributed by atoms with van der Waals surface area (Å²) in [5, 5.41) is 50.0. The molecule has 57 heavy (non-hydrogen) atoms. The van der Waals surface area contributed by atoms with Crippen LogP contribution >= 0.6 is 7.82 Å². The molecular weight excluding hydrogens is 755 g/mol. The maximum Gasteiger partial charge on any atom is 0.472 e. The fourth-order valence-electron chi connectivity index (χ4n) is 6.15. The van der Waals surface area contributed by atoms with Gasteiger partial charge in [0.1, 0.15) is 43.2 Å². The van der Waals surface area contributed by atoms with Crippen LogP contribution in [0.25, 0.3) is 0 Å². The van der Waals surface area contributed by atoms with Gasteiger partial charge in [-0.15, -0.1) is 0 Å². The van der Waals surface area contributed by atoms with Crippen LogP contribution in [0.3, 0.4) is 0 Å². The monoisotopic (exact) mass is 830 g/mol. The molecule has 0 radical (unpaired) electrons. The molecule has 0 heterocycles. The molecule has 0 aromatic rings. The van der Waals surface area contributed by atoms with Crippen LogP contribution in [0.1, 0.15) is 155 Å². The van der Waals surface area contributed by atoms with Crippen LogP contribution in [0.15, 0.2) is 48.6 Å². The van der Waals surface area contributed by atoms with E-state index in [0.717, 1.165) is 64.2 Å². The van der Waals surface area contributed by atoms with E-state index in [-0.39, 0.29) is 12.8 Å². The number of esters is 2. The average Bonchev–Trinajstić information content (AvgIpc) is 3.19. The summed E-state index contributed by atoms with van der Waals surface area (Å²) in [6.07, 6.45) is 24.7. The summed E-state index contributed by atoms with van der Waals surface area (Å²) in [4.78, 5) is 35.5. The van der Waals surface area contributed by atoms with Crippen molar-refractivity contribution in [3.05, 3.63) is 48.6 Å². The smallest absolute Gasteiger partial charge is 0.462 e. The van der Waals surface area contributed by atoms with E-state index in [9.17, 15) is 44.6 Å². The normalized spacial score (nSPS) is 23.2. The number of aliphatic hydroxyl groups excluding tert-OH is 5. The number of rotatable bonds is 34. The summed E-state index contributed by atoms with van der Waals surface area (Å²) in [7, 11) is -5.12. The highest BCUT2D eigenvalue weighted by molar-refractivity contribution is 7.47. The van der Waals surface area contributed by atoms with Crippen LogP contribution in [0.2, 0.25) is 0 Å². The van der Waals surface area contributed by atoms with Crippen LogP contribution in [-0.2, 0) is 32.7 Å². The highest BCUT2D eigenvalue weighted by Gasteiger charge is 2.51. The predicted molar refractivity (Wildman–Crippen MR) is 221 cm³/mol. The highest BCUT2D eigenvalue weighted by atomic mass is 31.2. The Bertz CT molecular complexity index is 1190. The number of carbonyl (C=O) groups excluding carboxylic acids is 2. The van der Waals surface area contributed by atoms with E-state index in [1.807, 2.05) is 0 Å². The number of unbranched alkanes of at least 4 members (excludes halogenated alkanes) is 14. The minimum Gasteiger partial charge on any atom is -0.462 e. The van der Waals surface area contributed by atoms with Gasteiger partial charge in [-0.25, -0.2) is 4.57 Å². The van der Waals surface area contributed by atoms with E-state index >= 15 is 0 Å². The maximum absolute atomic E-state index is 12.8. The maximum atomic E-state index is 12.8. The van der Waals surface area contributed by atoms with Crippen molar-refractivity contribution >= 4 is 19.8 Å². The van der Waals surface area contributed by atoms with Crippen LogP contribution in [-0.4, -0.2) is 98.3 Å². The van der Waals surface area contributed by atoms with Gasteiger partial charge in [-0.1, -0.05) is 133 Å². The van der Waals surface area contributed by atoms with E-state index in [2.05, 4.69) is 62.5 Å². The molecule has 1 aliphatic rings. The SMILES string of the molecule is CCCCC/C=C\C/C=C\C/C=C\C/C=C\CCCCCC(=O)O[C@H](COC(=O)CCCCCCCCCCC)COP(=O)(O)OC1C(O)C(O)C(O)[C@@H](O)C1O. The average molecular weight is 831 g/mol. The van der Waals surface area contributed by atoms with Crippen molar-refractivity contribution in [2.24, 2.45) is 0 Å². The molecule has 0 bridgehead atoms. The number of hydrogen-bond acceptors (Lipinski definition) is 12. The summed E-state index contributed by atoms with van der Waals surface area (Å²) in [6, 6.07) is 0. The molecule has 1 fully saturated rings. The summed E-state index contributed by atoms with van der Waals surface area (Å²) < 4.78 is 33.3. The third kappa shape index (κ3) is 26.5. The molecule has 6 N–H and O–H groups in total. The molecule has 0 aromatic carbocycles. The van der Waals surface area contributed by atoms with Crippen LogP contribution < -0.4 is 0 Å². The Morgan fingerprint density at radius 2 is 0.947 bits per heavy atom. The number of hydrogen-bond donors (Lipinski definition) is 6. The first-order chi connectivity index (χ1) is 27.4. The Morgan fingerprint density at radius 1 is 0.544 bits per heavy atom. The van der Waals surface area contributed by atoms with E-state index in [0.29, 0.717) is 12.8 Å². The second kappa shape index (κ2) is 33.6. The van der Waals surface area contributed by atoms with E-state index in [1.165, 1.54) is 51.4 Å². The minimum absolute atomic E-state index is 0.0589. The van der Waals surface area contributed by atoms with Crippen molar-refractivity contribution in [2.45, 2.75) is 198 Å². The van der Waals surface area contributed by atoms with Crippen molar-refractivity contribution in [1.29, 1.82) is 0 Å². The van der Waals surface area contributed by atoms with Gasteiger partial charge < -0.3 is 39.9 Å². The fourth-order valence-corrected chi connectivity index (χ4v) is 7.12. The van der Waals surface area contributed by atoms with Crippen LogP contribution in [0, 0.1) is 0 Å². The molecule has 0 amide bonds. The summed E-state index contributed by atoms with van der Waals surface area (Å²) in [6.45, 7) is 3.19. The first-order valence-electron chi connectivity index (χ1n) is 21.4. The number of phosphoric ester groups is 1. The lowest BCUT2D eigenvalue weighted by atomic mass is 9.85. The van der Waals surface area contributed by atoms with E-state index in [4.69, 9.17) is 18.5 Å². The highest BCUT2D eigenvalue weighted by Crippen LogP contribution is 2.47. The third-order valence-corrected chi connectivity index (χ3v) is 10.7. The number of ether oxygens (including phenoxy) is 2. The summed E-state index contributed by atoms with van der Waals surface area (Å²) in [5.74, 6) is -1.14. The lowest BCUT2D eigenvalue weighted by molar-refractivity contribution is -0.220. The van der Waals surface area contributed by atoms with Crippen LogP contribution in [0.4, 0.5) is 0 Å². The van der Waals surface area contributed by atoms with Gasteiger partial charge in [0.05, 0.1) is 6.61 Å². The van der Waals surface area contributed by atoms with Crippen molar-refractivity contribution in [3.63, 3.8) is 0 Å². The van der Waals surface area contributed by atoms with Gasteiger partial charge in [0.15, 0.2) is 6.10 Å². The van der Waals surface area contributed by atoms with E-state index < -0.39 is 75.7 Å². The van der Waals surface area contributed by atoms with Gasteiger partial charge in [0.2, 0.25) is 0 Å². The Balaban J connectivity index is 2.50. The van der Waals surface area contributed by atoms with E-state index in [1.54, 1.807) is 0 Å². The summed E-state index contributed by atoms with van der Waals surface area (Å²) in [5.41, 5.74) is 0. The molecular formula is C43H75O13P. The largest absolute Gasteiger partial charge is 0.472 e. The first-order valence-corrected chi connectivity index (χ1v) is 22.9. The topological polar surface area (TPSA) is 210 Å². The molecule has 6 unspecified atom stereocenters. The van der Waals surface area contributed by atoms with Gasteiger partial charge in [0.25, 0.3) is 0 Å². The number of aliphatic hydroxyl groups is 5. The van der Waals surface area contributed by atoms with Crippen molar-refractivity contribution in [3.8, 4) is 0 Å². The van der Waals surface area contributed by atoms with Gasteiger partial charge in [-0.3, -0.25) is 18.6 Å². The van der Waals surface area contributed by atoms with Crippen molar-refractivity contribution in [1.82, 2.24) is 0 Å². The lowest BCUT2D eigenvalue weighted by Gasteiger charge is -2.41. The third-order valence-electron chi connectivity index (χ3n) is 9.67. The molecule has 1 aliphatic carbocycles. The second-order valence-corrected chi connectivity index (χ2v) is 16.3. The Labute approximate surface area is 341 Å². The lowest BCUT2D eigenvalue weighted by Crippen LogP contribution is -2.64. The van der Waals surface area contributed by atoms with Crippen LogP contribution in [0.5, 0.6) is 0 Å². The van der Waals surface area contributed by atoms with Gasteiger partial charge in [-0.05, 0) is 57.8 Å². The van der Waals surface area contributed by atoms with Gasteiger partial charge in [0, 0.05) is 12.8 Å². The number of carbonyl (C=O) groups is 2. The van der Waals surface area contributed by atoms with Crippen molar-refractivity contribution in [2.75, 3.05) is 13.2 Å². The molecule has 13 nitrogen and oxygen atoms in total. The Morgan fingerprint density at radius 3 is 1.47 bits per heavy atom. The second-order valence-electron chi connectivity index (χ2n) is 14.8. The Hall–Kier alpha value is -2.19. The standard InChI is InChI=1S/C43H75O13P/c1-3-5-7-9-11-13-14-15-16-17-18-19-20-21-22-24-26-28-30-32-37(45)55-35(33-53-36(44)31-29-27-25-23-12-10-8-6-4-2)34-54-57(51,52)56-43-41(49)39(47)38(46)40(48)42(43)50/h11,13,15-16,18-19,21-22,35,38-43,46-50H,3-10,12,14,17,20,23-34H2,1-2H3,(H,51,52)/b13-11-,16-15-,19-18-,22-21-/t35-,38?,39-,40?,41?,42?,43?/m1/s1. The number of allylic oxidation sites excluding steroid dienone is 8. The zero-order chi connectivity index (χ0) is 42.2. The zero-order valence-corrected chi connectivity index (χ0v) is 35.5. The Kier molecular flexibility index (Phi) is 31.2. The zero-order valence-electron chi connectivity index (χ0n) is 34.6. The molecule has 1 saturated carbocycles. The molecule has 14 heteroatoms. The molecule has 330 valence electrons. The molecule has 0 aromatic heterocycles. The fraction of sp³-hybridized carbons (Fsp3) is 0.767. The quantitative estimate of drug-likeness (QED) is 0.0160. The number of phosphoric acid groups is 1. The van der Waals surface area contributed by atoms with Crippen molar-refractivity contribution < 1.29 is 63.1 Å². The first kappa shape index (κ1) is 52.8. The minimum atomic E-state index is -5.12. The molecule has 0 spiro atoms. The predicted octanol–water partition coefficient (Wildman–Crippen LogP) is 7.61. The molecule has 0 saturated heterocycles. The summed E-state index contributed by atoms with van der Waals surface area (Å²) >= 11 is 0.